The maximum Gasteiger partial charge on any atom is 0.0674 e. The van der Waals surface area contributed by atoms with Crippen LogP contribution in [0.3, 0.4) is 0 Å². The molecule has 0 saturated heterocycles. The molecule has 2 heterocycles. The number of likely N-dealkylation sites (N-methyl/N-ethyl adjacent to an activating group) is 1. The predicted octanol–water partition coefficient (Wildman–Crippen LogP) is 3.05. The number of nitrogens with two attached hydrogens (primary N) is 1. The molecular formula is C15H21N3S. The van der Waals surface area contributed by atoms with E-state index in [-0.39, 0.29) is 12.1 Å². The molecule has 2 aromatic rings. The van der Waals surface area contributed by atoms with Gasteiger partial charge in [0.15, 0.2) is 0 Å². The molecule has 3 nitrogen and oxygen atoms in total. The van der Waals surface area contributed by atoms with Crippen LogP contribution in [0.5, 0.6) is 0 Å². The van der Waals surface area contributed by atoms with Crippen molar-refractivity contribution in [3.05, 3.63) is 52.5 Å². The molecule has 2 unspecified atom stereocenters. The summed E-state index contributed by atoms with van der Waals surface area (Å²) in [6, 6.07) is 10.5. The maximum absolute atomic E-state index is 6.30. The Labute approximate surface area is 119 Å². The lowest BCUT2D eigenvalue weighted by Gasteiger charge is -2.31. The van der Waals surface area contributed by atoms with Gasteiger partial charge in [-0.1, -0.05) is 19.1 Å². The zero-order valence-corrected chi connectivity index (χ0v) is 12.3. The molecule has 4 heteroatoms. The van der Waals surface area contributed by atoms with Crippen LogP contribution >= 0.6 is 11.3 Å². The molecule has 2 aromatic heterocycles. The number of thiophene rings is 1. The summed E-state index contributed by atoms with van der Waals surface area (Å²) < 4.78 is 0. The summed E-state index contributed by atoms with van der Waals surface area (Å²) >= 11 is 1.78. The summed E-state index contributed by atoms with van der Waals surface area (Å²) in [4.78, 5) is 8.13. The van der Waals surface area contributed by atoms with E-state index in [1.54, 1.807) is 11.3 Å². The van der Waals surface area contributed by atoms with Crippen LogP contribution < -0.4 is 5.73 Å². The van der Waals surface area contributed by atoms with Gasteiger partial charge in [-0.25, -0.2) is 0 Å². The number of aromatic nitrogens is 1. The molecule has 0 spiro atoms. The Hall–Kier alpha value is -1.23. The van der Waals surface area contributed by atoms with Crippen molar-refractivity contribution in [2.45, 2.75) is 32.0 Å². The quantitative estimate of drug-likeness (QED) is 0.881. The zero-order chi connectivity index (χ0) is 13.7. The van der Waals surface area contributed by atoms with Crippen LogP contribution in [0.4, 0.5) is 0 Å². The van der Waals surface area contributed by atoms with Crippen LogP contribution in [0, 0.1) is 0 Å². The first-order valence-electron chi connectivity index (χ1n) is 6.61. The van der Waals surface area contributed by atoms with Crippen LogP contribution in [-0.4, -0.2) is 23.0 Å². The monoisotopic (exact) mass is 275 g/mol. The SMILES string of the molecule is CCC(N)C(c1ccccn1)N(C)Cc1cccs1. The van der Waals surface area contributed by atoms with Gasteiger partial charge in [0.1, 0.15) is 0 Å². The highest BCUT2D eigenvalue weighted by molar-refractivity contribution is 7.09. The number of rotatable bonds is 6. The molecule has 0 aliphatic rings. The van der Waals surface area contributed by atoms with E-state index in [2.05, 4.69) is 47.4 Å². The Morgan fingerprint density at radius 3 is 2.74 bits per heavy atom. The third-order valence-corrected chi connectivity index (χ3v) is 4.19. The summed E-state index contributed by atoms with van der Waals surface area (Å²) in [6.07, 6.45) is 2.78. The minimum atomic E-state index is 0.0971. The topological polar surface area (TPSA) is 42.1 Å². The molecule has 0 aromatic carbocycles. The summed E-state index contributed by atoms with van der Waals surface area (Å²) in [7, 11) is 2.12. The summed E-state index contributed by atoms with van der Waals surface area (Å²) in [5.74, 6) is 0. The summed E-state index contributed by atoms with van der Waals surface area (Å²) in [5, 5.41) is 2.11. The Balaban J connectivity index is 2.18. The van der Waals surface area contributed by atoms with Crippen LogP contribution in [-0.2, 0) is 6.54 Å². The van der Waals surface area contributed by atoms with Crippen molar-refractivity contribution in [3.63, 3.8) is 0 Å². The molecule has 0 saturated carbocycles. The molecule has 0 bridgehead atoms. The van der Waals surface area contributed by atoms with Gasteiger partial charge in [0, 0.05) is 23.7 Å². The van der Waals surface area contributed by atoms with Crippen LogP contribution in [0.2, 0.25) is 0 Å². The minimum Gasteiger partial charge on any atom is -0.326 e. The third-order valence-electron chi connectivity index (χ3n) is 3.33. The highest BCUT2D eigenvalue weighted by Crippen LogP contribution is 2.24. The predicted molar refractivity (Wildman–Crippen MR) is 81.0 cm³/mol. The fourth-order valence-electron chi connectivity index (χ4n) is 2.29. The van der Waals surface area contributed by atoms with Gasteiger partial charge in [-0.05, 0) is 37.0 Å². The lowest BCUT2D eigenvalue weighted by Crippen LogP contribution is -2.38. The van der Waals surface area contributed by atoms with Crippen LogP contribution in [0.15, 0.2) is 41.9 Å². The van der Waals surface area contributed by atoms with E-state index >= 15 is 0 Å². The average Bonchev–Trinajstić information content (AvgIpc) is 2.93. The second kappa shape index (κ2) is 6.80. The number of hydrogen-bond acceptors (Lipinski definition) is 4. The average molecular weight is 275 g/mol. The molecule has 0 aliphatic carbocycles. The number of nitrogens with zero attached hydrogens (tertiary/aromatic N) is 2. The van der Waals surface area contributed by atoms with Crippen molar-refractivity contribution in [3.8, 4) is 0 Å². The molecule has 2 N–H and O–H groups in total. The lowest BCUT2D eigenvalue weighted by molar-refractivity contribution is 0.199. The first kappa shape index (κ1) is 14.2. The van der Waals surface area contributed by atoms with Crippen molar-refractivity contribution in [1.82, 2.24) is 9.88 Å². The van der Waals surface area contributed by atoms with Gasteiger partial charge >= 0.3 is 0 Å². The van der Waals surface area contributed by atoms with Crippen LogP contribution in [0.1, 0.15) is 30.0 Å². The number of pyridine rings is 1. The van der Waals surface area contributed by atoms with Gasteiger partial charge in [-0.15, -0.1) is 11.3 Å². The van der Waals surface area contributed by atoms with Crippen LogP contribution in [0.25, 0.3) is 0 Å². The lowest BCUT2D eigenvalue weighted by atomic mass is 10.0. The van der Waals surface area contributed by atoms with Crippen molar-refractivity contribution in [2.24, 2.45) is 5.73 Å². The van der Waals surface area contributed by atoms with E-state index in [0.29, 0.717) is 0 Å². The standard InChI is InChI=1S/C15H21N3S/c1-3-13(16)15(14-8-4-5-9-17-14)18(2)11-12-7-6-10-19-12/h4-10,13,15H,3,11,16H2,1-2H3. The van der Waals surface area contributed by atoms with Gasteiger partial charge in [0.25, 0.3) is 0 Å². The first-order chi connectivity index (χ1) is 9.22. The Kier molecular flexibility index (Phi) is 5.07. The Bertz CT molecular complexity index is 469. The van der Waals surface area contributed by atoms with Crippen molar-refractivity contribution in [1.29, 1.82) is 0 Å². The molecule has 0 aliphatic heterocycles. The van der Waals surface area contributed by atoms with Gasteiger partial charge in [0.05, 0.1) is 11.7 Å². The summed E-state index contributed by atoms with van der Waals surface area (Å²) in [5.41, 5.74) is 7.35. The zero-order valence-electron chi connectivity index (χ0n) is 11.5. The smallest absolute Gasteiger partial charge is 0.0674 e. The third kappa shape index (κ3) is 3.62. The van der Waals surface area contributed by atoms with Gasteiger partial charge < -0.3 is 5.73 Å². The highest BCUT2D eigenvalue weighted by atomic mass is 32.1. The second-order valence-electron chi connectivity index (χ2n) is 4.77. The highest BCUT2D eigenvalue weighted by Gasteiger charge is 2.24. The van der Waals surface area contributed by atoms with Crippen molar-refractivity contribution >= 4 is 11.3 Å². The van der Waals surface area contributed by atoms with Gasteiger partial charge in [0.2, 0.25) is 0 Å². The fourth-order valence-corrected chi connectivity index (χ4v) is 3.06. The van der Waals surface area contributed by atoms with E-state index in [1.807, 2.05) is 18.3 Å². The fraction of sp³-hybridized carbons (Fsp3) is 0.400. The van der Waals surface area contributed by atoms with Crippen molar-refractivity contribution < 1.29 is 0 Å². The van der Waals surface area contributed by atoms with Gasteiger partial charge in [-0.2, -0.15) is 0 Å². The molecule has 2 atom stereocenters. The molecular weight excluding hydrogens is 254 g/mol. The number of hydrogen-bond donors (Lipinski definition) is 1. The largest absolute Gasteiger partial charge is 0.326 e. The first-order valence-corrected chi connectivity index (χ1v) is 7.49. The van der Waals surface area contributed by atoms with E-state index in [4.69, 9.17) is 5.73 Å². The molecule has 0 radical (unpaired) electrons. The molecule has 2 rings (SSSR count). The van der Waals surface area contributed by atoms with E-state index in [9.17, 15) is 0 Å². The maximum atomic E-state index is 6.30. The van der Waals surface area contributed by atoms with E-state index in [0.717, 1.165) is 18.7 Å². The van der Waals surface area contributed by atoms with Gasteiger partial charge in [-0.3, -0.25) is 9.88 Å². The van der Waals surface area contributed by atoms with Crippen molar-refractivity contribution in [2.75, 3.05) is 7.05 Å². The molecule has 0 amide bonds. The normalized spacial score (nSPS) is 14.5. The summed E-state index contributed by atoms with van der Waals surface area (Å²) in [6.45, 7) is 3.03. The molecule has 0 fully saturated rings. The minimum absolute atomic E-state index is 0.0971. The molecule has 102 valence electrons. The second-order valence-corrected chi connectivity index (χ2v) is 5.80. The van der Waals surface area contributed by atoms with E-state index < -0.39 is 0 Å². The Morgan fingerprint density at radius 2 is 2.16 bits per heavy atom. The Morgan fingerprint density at radius 1 is 1.32 bits per heavy atom. The van der Waals surface area contributed by atoms with E-state index in [1.165, 1.54) is 4.88 Å². The molecule has 19 heavy (non-hydrogen) atoms.